The molecular weight excluding hydrogens is 579 g/mol. The molecular formula is C47H33N. The predicted octanol–water partition coefficient (Wildman–Crippen LogP) is 12.4. The van der Waals surface area contributed by atoms with E-state index in [1.807, 2.05) is 0 Å². The van der Waals surface area contributed by atoms with Gasteiger partial charge in [0, 0.05) is 17.1 Å². The van der Waals surface area contributed by atoms with E-state index in [0.717, 1.165) is 11.4 Å². The monoisotopic (exact) mass is 611 g/mol. The Labute approximate surface area is 281 Å². The van der Waals surface area contributed by atoms with Gasteiger partial charge in [0.05, 0.1) is 5.41 Å². The topological polar surface area (TPSA) is 3.24 Å². The number of fused-ring (bicyclic) bond motifs is 14. The molecule has 0 atom stereocenters. The van der Waals surface area contributed by atoms with Crippen molar-refractivity contribution in [2.24, 2.45) is 0 Å². The van der Waals surface area contributed by atoms with E-state index in [-0.39, 0.29) is 0 Å². The van der Waals surface area contributed by atoms with Gasteiger partial charge >= 0.3 is 0 Å². The molecule has 1 spiro atoms. The van der Waals surface area contributed by atoms with E-state index in [1.54, 1.807) is 0 Å². The zero-order chi connectivity index (χ0) is 32.0. The molecule has 0 N–H and O–H groups in total. The van der Waals surface area contributed by atoms with Gasteiger partial charge in [-0.05, 0) is 121 Å². The molecule has 0 aliphatic heterocycles. The van der Waals surface area contributed by atoms with Gasteiger partial charge in [0.15, 0.2) is 0 Å². The lowest BCUT2D eigenvalue weighted by molar-refractivity contribution is 0.802. The fourth-order valence-corrected chi connectivity index (χ4v) is 8.84. The standard InChI is InChI=1S/C47H33N/c1-30-20-21-31(2)44(28-30)48(34-13-4-3-5-14-34)35-24-26-37-33(29-35)22-25-40-45-36-15-7-6-12-32(36)23-27-43(45)47(46(37)40)41-18-10-8-16-38(41)39-17-9-11-19-42(39)47/h3-29H,1-2H3. The minimum Gasteiger partial charge on any atom is -0.310 e. The Bertz CT molecular complexity index is 2550. The van der Waals surface area contributed by atoms with Crippen molar-refractivity contribution in [2.75, 3.05) is 4.90 Å². The summed E-state index contributed by atoms with van der Waals surface area (Å²) in [5.74, 6) is 0. The first kappa shape index (κ1) is 27.2. The van der Waals surface area contributed by atoms with E-state index in [4.69, 9.17) is 0 Å². The van der Waals surface area contributed by atoms with Gasteiger partial charge in [0.25, 0.3) is 0 Å². The number of para-hydroxylation sites is 1. The number of rotatable bonds is 3. The van der Waals surface area contributed by atoms with Crippen LogP contribution in [0.25, 0.3) is 43.8 Å². The van der Waals surface area contributed by atoms with Crippen molar-refractivity contribution in [1.82, 2.24) is 0 Å². The van der Waals surface area contributed by atoms with Crippen molar-refractivity contribution in [3.05, 3.63) is 197 Å². The van der Waals surface area contributed by atoms with Crippen LogP contribution in [-0.2, 0) is 5.41 Å². The van der Waals surface area contributed by atoms with Gasteiger partial charge in [-0.2, -0.15) is 0 Å². The molecule has 8 aromatic carbocycles. The molecule has 8 aromatic rings. The average Bonchev–Trinajstić information content (AvgIpc) is 3.61. The second kappa shape index (κ2) is 10.0. The highest BCUT2D eigenvalue weighted by molar-refractivity contribution is 6.11. The highest BCUT2D eigenvalue weighted by Gasteiger charge is 2.52. The summed E-state index contributed by atoms with van der Waals surface area (Å²) in [4.78, 5) is 2.41. The molecule has 48 heavy (non-hydrogen) atoms. The highest BCUT2D eigenvalue weighted by atomic mass is 15.1. The van der Waals surface area contributed by atoms with Gasteiger partial charge in [0.1, 0.15) is 0 Å². The molecule has 2 aliphatic rings. The summed E-state index contributed by atoms with van der Waals surface area (Å²) >= 11 is 0. The number of nitrogens with zero attached hydrogens (tertiary/aromatic N) is 1. The van der Waals surface area contributed by atoms with Crippen LogP contribution < -0.4 is 4.90 Å². The molecule has 10 rings (SSSR count). The average molecular weight is 612 g/mol. The Hall–Kier alpha value is -5.92. The van der Waals surface area contributed by atoms with Crippen molar-refractivity contribution in [1.29, 1.82) is 0 Å². The summed E-state index contributed by atoms with van der Waals surface area (Å²) in [5, 5.41) is 5.14. The van der Waals surface area contributed by atoms with Crippen molar-refractivity contribution in [3.63, 3.8) is 0 Å². The van der Waals surface area contributed by atoms with E-state index in [2.05, 4.69) is 183 Å². The largest absolute Gasteiger partial charge is 0.310 e. The van der Waals surface area contributed by atoms with Crippen molar-refractivity contribution >= 4 is 38.6 Å². The number of anilines is 3. The molecule has 0 fully saturated rings. The van der Waals surface area contributed by atoms with Crippen molar-refractivity contribution < 1.29 is 0 Å². The summed E-state index contributed by atoms with van der Waals surface area (Å²) in [7, 11) is 0. The molecule has 0 bridgehead atoms. The first-order chi connectivity index (χ1) is 23.6. The van der Waals surface area contributed by atoms with E-state index < -0.39 is 5.41 Å². The Morgan fingerprint density at radius 3 is 1.92 bits per heavy atom. The first-order valence-corrected chi connectivity index (χ1v) is 16.9. The van der Waals surface area contributed by atoms with E-state index in [9.17, 15) is 0 Å². The molecule has 1 nitrogen and oxygen atoms in total. The fraction of sp³-hybridized carbons (Fsp3) is 0.0638. The molecule has 0 amide bonds. The Morgan fingerprint density at radius 1 is 0.438 bits per heavy atom. The van der Waals surface area contributed by atoms with Crippen LogP contribution in [0.1, 0.15) is 33.4 Å². The van der Waals surface area contributed by atoms with Gasteiger partial charge in [0.2, 0.25) is 0 Å². The van der Waals surface area contributed by atoms with Crippen LogP contribution in [0.4, 0.5) is 17.1 Å². The van der Waals surface area contributed by atoms with Crippen LogP contribution in [0.2, 0.25) is 0 Å². The van der Waals surface area contributed by atoms with Crippen LogP contribution in [0.15, 0.2) is 164 Å². The second-order valence-corrected chi connectivity index (χ2v) is 13.4. The lowest BCUT2D eigenvalue weighted by Crippen LogP contribution is -2.26. The molecule has 0 saturated heterocycles. The highest BCUT2D eigenvalue weighted by Crippen LogP contribution is 2.65. The zero-order valence-electron chi connectivity index (χ0n) is 27.0. The van der Waals surface area contributed by atoms with Gasteiger partial charge in [-0.15, -0.1) is 0 Å². The minimum absolute atomic E-state index is 0.408. The molecule has 0 saturated carbocycles. The van der Waals surface area contributed by atoms with E-state index in [0.29, 0.717) is 0 Å². The third kappa shape index (κ3) is 3.56. The normalized spacial score (nSPS) is 13.4. The SMILES string of the molecule is Cc1ccc(C)c(N(c2ccccc2)c2ccc3c4c(ccc3c2)-c2c(ccc3ccccc23)C42c3ccccc3-c3ccccc32)c1. The number of hydrogen-bond acceptors (Lipinski definition) is 1. The summed E-state index contributed by atoms with van der Waals surface area (Å²) in [5.41, 5.74) is 16.5. The smallest absolute Gasteiger partial charge is 0.0731 e. The summed E-state index contributed by atoms with van der Waals surface area (Å²) in [6.45, 7) is 4.38. The lowest BCUT2D eigenvalue weighted by Gasteiger charge is -2.32. The zero-order valence-corrected chi connectivity index (χ0v) is 27.0. The van der Waals surface area contributed by atoms with Crippen LogP contribution in [-0.4, -0.2) is 0 Å². The quantitative estimate of drug-likeness (QED) is 0.192. The van der Waals surface area contributed by atoms with Crippen LogP contribution >= 0.6 is 0 Å². The summed E-state index contributed by atoms with van der Waals surface area (Å²) < 4.78 is 0. The van der Waals surface area contributed by atoms with Crippen molar-refractivity contribution in [2.45, 2.75) is 19.3 Å². The Morgan fingerprint density at radius 2 is 1.12 bits per heavy atom. The van der Waals surface area contributed by atoms with Crippen LogP contribution in [0.5, 0.6) is 0 Å². The minimum atomic E-state index is -0.408. The maximum Gasteiger partial charge on any atom is 0.0731 e. The molecule has 0 unspecified atom stereocenters. The van der Waals surface area contributed by atoms with Crippen LogP contribution in [0.3, 0.4) is 0 Å². The maximum absolute atomic E-state index is 2.41. The third-order valence-electron chi connectivity index (χ3n) is 10.8. The number of benzene rings is 8. The molecule has 0 heterocycles. The van der Waals surface area contributed by atoms with Gasteiger partial charge in [-0.1, -0.05) is 133 Å². The molecule has 0 radical (unpaired) electrons. The Kier molecular flexibility index (Phi) is 5.69. The molecule has 0 aromatic heterocycles. The first-order valence-electron chi connectivity index (χ1n) is 16.9. The third-order valence-corrected chi connectivity index (χ3v) is 10.8. The fourth-order valence-electron chi connectivity index (χ4n) is 8.84. The van der Waals surface area contributed by atoms with Gasteiger partial charge in [-0.25, -0.2) is 0 Å². The lowest BCUT2D eigenvalue weighted by atomic mass is 9.69. The van der Waals surface area contributed by atoms with Crippen LogP contribution in [0, 0.1) is 13.8 Å². The van der Waals surface area contributed by atoms with E-state index in [1.165, 1.54) is 82.9 Å². The number of hydrogen-bond donors (Lipinski definition) is 0. The van der Waals surface area contributed by atoms with Crippen molar-refractivity contribution in [3.8, 4) is 22.3 Å². The van der Waals surface area contributed by atoms with Gasteiger partial charge < -0.3 is 4.90 Å². The summed E-state index contributed by atoms with van der Waals surface area (Å²) in [6.07, 6.45) is 0. The Balaban J connectivity index is 1.30. The van der Waals surface area contributed by atoms with E-state index >= 15 is 0 Å². The number of aryl methyl sites for hydroxylation is 2. The summed E-state index contributed by atoms with van der Waals surface area (Å²) in [6, 6.07) is 61.2. The predicted molar refractivity (Wildman–Crippen MR) is 202 cm³/mol. The second-order valence-electron chi connectivity index (χ2n) is 13.4. The molecule has 2 aliphatic carbocycles. The van der Waals surface area contributed by atoms with Gasteiger partial charge in [-0.3, -0.25) is 0 Å². The molecule has 226 valence electrons. The molecule has 1 heteroatoms. The maximum atomic E-state index is 2.41.